The molecule has 0 aliphatic carbocycles. The van der Waals surface area contributed by atoms with E-state index in [0.717, 1.165) is 55.3 Å². The molecular weight excluding hydrogens is 358 g/mol. The summed E-state index contributed by atoms with van der Waals surface area (Å²) in [6.07, 6.45) is 2.01. The zero-order chi connectivity index (χ0) is 19.1. The highest BCUT2D eigenvalue weighted by molar-refractivity contribution is 6.31. The Morgan fingerprint density at radius 2 is 1.93 bits per heavy atom. The van der Waals surface area contributed by atoms with Crippen LogP contribution in [0.3, 0.4) is 0 Å². The number of rotatable bonds is 7. The summed E-state index contributed by atoms with van der Waals surface area (Å²) in [6.45, 7) is 4.08. The number of halogens is 1. The number of piperidine rings is 1. The minimum atomic E-state index is 0.0586. The molecule has 1 heterocycles. The average molecular weight is 386 g/mol. The maximum Gasteiger partial charge on any atom is 0.224 e. The van der Waals surface area contributed by atoms with Crippen LogP contribution in [0, 0.1) is 5.92 Å². The second kappa shape index (κ2) is 9.77. The van der Waals surface area contributed by atoms with Crippen LogP contribution in [0.4, 0.5) is 5.69 Å². The summed E-state index contributed by atoms with van der Waals surface area (Å²) >= 11 is 6.28. The van der Waals surface area contributed by atoms with Gasteiger partial charge in [-0.1, -0.05) is 48.0 Å². The predicted octanol–water partition coefficient (Wildman–Crippen LogP) is 3.80. The highest BCUT2D eigenvalue weighted by atomic mass is 35.5. The number of hydrogen-bond donors (Lipinski definition) is 1. The second-order valence-corrected chi connectivity index (χ2v) is 7.62. The molecule has 1 aliphatic rings. The topological polar surface area (TPSA) is 35.6 Å². The molecule has 0 unspecified atom stereocenters. The Morgan fingerprint density at radius 1 is 1.19 bits per heavy atom. The van der Waals surface area contributed by atoms with Gasteiger partial charge >= 0.3 is 0 Å². The highest BCUT2D eigenvalue weighted by Crippen LogP contribution is 2.22. The zero-order valence-corrected chi connectivity index (χ0v) is 16.7. The number of nitrogens with one attached hydrogen (secondary N) is 1. The summed E-state index contributed by atoms with van der Waals surface area (Å²) in [5.41, 5.74) is 2.29. The second-order valence-electron chi connectivity index (χ2n) is 7.21. The summed E-state index contributed by atoms with van der Waals surface area (Å²) in [6, 6.07) is 18.2. The number of carbonyl (C=O) groups excluding carboxylic acids is 1. The predicted molar refractivity (Wildman–Crippen MR) is 112 cm³/mol. The molecule has 0 radical (unpaired) electrons. The van der Waals surface area contributed by atoms with E-state index in [9.17, 15) is 4.79 Å². The van der Waals surface area contributed by atoms with Crippen LogP contribution in [0.2, 0.25) is 5.02 Å². The van der Waals surface area contributed by atoms with Crippen LogP contribution >= 0.6 is 11.6 Å². The molecule has 4 nitrogen and oxygen atoms in total. The number of nitrogens with zero attached hydrogens (tertiary/aromatic N) is 2. The molecule has 5 heteroatoms. The number of likely N-dealkylation sites (tertiary alicyclic amines) is 1. The molecule has 0 saturated carbocycles. The molecule has 2 aromatic rings. The van der Waals surface area contributed by atoms with E-state index in [1.54, 1.807) is 0 Å². The van der Waals surface area contributed by atoms with Gasteiger partial charge < -0.3 is 10.2 Å². The Labute approximate surface area is 167 Å². The summed E-state index contributed by atoms with van der Waals surface area (Å²) in [7, 11) is 2.05. The highest BCUT2D eigenvalue weighted by Gasteiger charge is 2.25. The van der Waals surface area contributed by atoms with Gasteiger partial charge in [0, 0.05) is 43.9 Å². The van der Waals surface area contributed by atoms with Gasteiger partial charge in [-0.25, -0.2) is 0 Å². The third-order valence-corrected chi connectivity index (χ3v) is 5.54. The number of carbonyl (C=O) groups is 1. The SMILES string of the molecule is CN(CCNC(=O)[C@@H]1CCCN(Cc2ccccc2Cl)C1)c1ccccc1. The molecule has 1 aliphatic heterocycles. The first-order valence-electron chi connectivity index (χ1n) is 9.63. The minimum absolute atomic E-state index is 0.0586. The van der Waals surface area contributed by atoms with Crippen LogP contribution in [0.5, 0.6) is 0 Å². The van der Waals surface area contributed by atoms with Crippen LogP contribution in [-0.4, -0.2) is 44.0 Å². The van der Waals surface area contributed by atoms with Crippen molar-refractivity contribution in [3.63, 3.8) is 0 Å². The lowest BCUT2D eigenvalue weighted by Gasteiger charge is -2.32. The normalized spacial score (nSPS) is 17.5. The molecular formula is C22H28ClN3O. The largest absolute Gasteiger partial charge is 0.373 e. The van der Waals surface area contributed by atoms with Gasteiger partial charge in [0.05, 0.1) is 5.92 Å². The lowest BCUT2D eigenvalue weighted by Crippen LogP contribution is -2.44. The van der Waals surface area contributed by atoms with E-state index in [1.165, 1.54) is 0 Å². The fourth-order valence-corrected chi connectivity index (χ4v) is 3.78. The zero-order valence-electron chi connectivity index (χ0n) is 15.9. The van der Waals surface area contributed by atoms with Gasteiger partial charge in [-0.3, -0.25) is 9.69 Å². The van der Waals surface area contributed by atoms with E-state index in [1.807, 2.05) is 43.4 Å². The van der Waals surface area contributed by atoms with Crippen molar-refractivity contribution in [2.75, 3.05) is 38.1 Å². The van der Waals surface area contributed by atoms with Crippen molar-refractivity contribution >= 4 is 23.2 Å². The van der Waals surface area contributed by atoms with E-state index in [0.29, 0.717) is 6.54 Å². The quantitative estimate of drug-likeness (QED) is 0.787. The maximum absolute atomic E-state index is 12.6. The average Bonchev–Trinajstić information content (AvgIpc) is 2.70. The molecule has 27 heavy (non-hydrogen) atoms. The molecule has 0 bridgehead atoms. The molecule has 1 amide bonds. The van der Waals surface area contributed by atoms with Gasteiger partial charge in [-0.2, -0.15) is 0 Å². The summed E-state index contributed by atoms with van der Waals surface area (Å²) < 4.78 is 0. The Hall–Kier alpha value is -2.04. The minimum Gasteiger partial charge on any atom is -0.373 e. The lowest BCUT2D eigenvalue weighted by molar-refractivity contribution is -0.126. The first-order chi connectivity index (χ1) is 13.1. The van der Waals surface area contributed by atoms with Crippen molar-refractivity contribution in [2.45, 2.75) is 19.4 Å². The number of anilines is 1. The van der Waals surface area contributed by atoms with Crippen molar-refractivity contribution in [3.8, 4) is 0 Å². The smallest absolute Gasteiger partial charge is 0.224 e. The van der Waals surface area contributed by atoms with Crippen molar-refractivity contribution in [1.29, 1.82) is 0 Å². The van der Waals surface area contributed by atoms with Crippen molar-refractivity contribution in [1.82, 2.24) is 10.2 Å². The standard InChI is InChI=1S/C22H28ClN3O/c1-25(20-10-3-2-4-11-20)15-13-24-22(27)19-9-7-14-26(17-19)16-18-8-5-6-12-21(18)23/h2-6,8,10-12,19H,7,9,13-17H2,1H3,(H,24,27)/t19-/m1/s1. The first kappa shape index (κ1) is 19.7. The van der Waals surface area contributed by atoms with Crippen LogP contribution in [0.15, 0.2) is 54.6 Å². The lowest BCUT2D eigenvalue weighted by atomic mass is 9.96. The van der Waals surface area contributed by atoms with Crippen LogP contribution in [0.1, 0.15) is 18.4 Å². The molecule has 1 N–H and O–H groups in total. The van der Waals surface area contributed by atoms with Gasteiger partial charge in [0.1, 0.15) is 0 Å². The molecule has 1 saturated heterocycles. The van der Waals surface area contributed by atoms with E-state index < -0.39 is 0 Å². The summed E-state index contributed by atoms with van der Waals surface area (Å²) in [5, 5.41) is 3.91. The van der Waals surface area contributed by atoms with Crippen LogP contribution in [-0.2, 0) is 11.3 Å². The molecule has 2 aromatic carbocycles. The molecule has 1 fully saturated rings. The van der Waals surface area contributed by atoms with E-state index in [4.69, 9.17) is 11.6 Å². The first-order valence-corrected chi connectivity index (χ1v) is 10.0. The van der Waals surface area contributed by atoms with Crippen LogP contribution in [0.25, 0.3) is 0 Å². The Morgan fingerprint density at radius 3 is 2.70 bits per heavy atom. The van der Waals surface area contributed by atoms with Crippen molar-refractivity contribution < 1.29 is 4.79 Å². The van der Waals surface area contributed by atoms with Gasteiger partial charge in [-0.15, -0.1) is 0 Å². The number of hydrogen-bond acceptors (Lipinski definition) is 3. The Bertz CT molecular complexity index is 737. The van der Waals surface area contributed by atoms with Crippen molar-refractivity contribution in [3.05, 3.63) is 65.2 Å². The number of amides is 1. The molecule has 1 atom stereocenters. The number of benzene rings is 2. The molecule has 0 spiro atoms. The Kier molecular flexibility index (Phi) is 7.13. The molecule has 3 rings (SSSR count). The summed E-state index contributed by atoms with van der Waals surface area (Å²) in [4.78, 5) is 17.1. The monoisotopic (exact) mass is 385 g/mol. The third-order valence-electron chi connectivity index (χ3n) is 5.17. The van der Waals surface area contributed by atoms with E-state index in [-0.39, 0.29) is 11.8 Å². The summed E-state index contributed by atoms with van der Waals surface area (Å²) in [5.74, 6) is 0.226. The van der Waals surface area contributed by atoms with Crippen LogP contribution < -0.4 is 10.2 Å². The Balaban J connectivity index is 1.45. The maximum atomic E-state index is 12.6. The fraction of sp³-hybridized carbons (Fsp3) is 0.409. The van der Waals surface area contributed by atoms with E-state index >= 15 is 0 Å². The molecule has 144 valence electrons. The van der Waals surface area contributed by atoms with Gasteiger partial charge in [0.2, 0.25) is 5.91 Å². The molecule has 0 aromatic heterocycles. The van der Waals surface area contributed by atoms with Gasteiger partial charge in [0.15, 0.2) is 0 Å². The number of likely N-dealkylation sites (N-methyl/N-ethyl adjacent to an activating group) is 1. The van der Waals surface area contributed by atoms with Crippen molar-refractivity contribution in [2.24, 2.45) is 5.92 Å². The van der Waals surface area contributed by atoms with E-state index in [2.05, 4.69) is 33.3 Å². The third kappa shape index (κ3) is 5.72. The van der Waals surface area contributed by atoms with Gasteiger partial charge in [-0.05, 0) is 43.1 Å². The fourth-order valence-electron chi connectivity index (χ4n) is 3.58. The van der Waals surface area contributed by atoms with Gasteiger partial charge in [0.25, 0.3) is 0 Å². The number of para-hydroxylation sites is 1.